The van der Waals surface area contributed by atoms with Crippen LogP contribution >= 0.6 is 11.6 Å². The number of aliphatic hydroxyl groups excluding tert-OH is 1. The molecule has 7 heteroatoms. The van der Waals surface area contributed by atoms with Crippen molar-refractivity contribution in [3.63, 3.8) is 0 Å². The maximum absolute atomic E-state index is 10.8. The lowest BCUT2D eigenvalue weighted by atomic mass is 10.1. The molecule has 0 aliphatic heterocycles. The van der Waals surface area contributed by atoms with Gasteiger partial charge in [0.2, 0.25) is 0 Å². The topological polar surface area (TPSA) is 87.4 Å². The molecule has 0 atom stereocenters. The van der Waals surface area contributed by atoms with E-state index in [1.165, 1.54) is 4.68 Å². The van der Waals surface area contributed by atoms with E-state index in [4.69, 9.17) is 16.7 Å². The van der Waals surface area contributed by atoms with Crippen molar-refractivity contribution in [2.45, 2.75) is 6.61 Å². The molecule has 100 valence electrons. The Balaban J connectivity index is 2.50. The fraction of sp³-hybridized carbons (Fsp3) is 0.167. The van der Waals surface area contributed by atoms with Crippen LogP contribution in [0.1, 0.15) is 5.56 Å². The zero-order chi connectivity index (χ0) is 14.0. The molecular weight excluding hydrogens is 270 g/mol. The average molecular weight is 282 g/mol. The summed E-state index contributed by atoms with van der Waals surface area (Å²) in [6.07, 6.45) is 0.386. The molecule has 2 rings (SSSR count). The number of aryl methyl sites for hydroxylation is 1. The molecule has 0 bridgehead atoms. The van der Waals surface area contributed by atoms with Gasteiger partial charge in [-0.05, 0) is 23.3 Å². The summed E-state index contributed by atoms with van der Waals surface area (Å²) in [6, 6.07) is 5.10. The van der Waals surface area contributed by atoms with Gasteiger partial charge in [-0.15, -0.1) is 0 Å². The smallest absolute Gasteiger partial charge is 0.410 e. The van der Waals surface area contributed by atoms with Crippen molar-refractivity contribution in [3.05, 3.63) is 35.0 Å². The Hall–Kier alpha value is -2.05. The van der Waals surface area contributed by atoms with Gasteiger partial charge < -0.3 is 10.2 Å². The Morgan fingerprint density at radius 3 is 2.89 bits per heavy atom. The molecule has 19 heavy (non-hydrogen) atoms. The zero-order valence-electron chi connectivity index (χ0n) is 10.1. The SMILES string of the molecule is Cn1ncc(-c2ccc(Cl)c(CO)c2)c1NC(=O)O. The number of hydrogen-bond acceptors (Lipinski definition) is 3. The number of nitrogens with one attached hydrogen (secondary N) is 1. The second-order valence-electron chi connectivity index (χ2n) is 3.92. The van der Waals surface area contributed by atoms with Crippen molar-refractivity contribution in [3.8, 4) is 11.1 Å². The van der Waals surface area contributed by atoms with Crippen molar-refractivity contribution < 1.29 is 15.0 Å². The number of anilines is 1. The van der Waals surface area contributed by atoms with Crippen molar-refractivity contribution in [2.24, 2.45) is 7.05 Å². The first-order valence-corrected chi connectivity index (χ1v) is 5.82. The van der Waals surface area contributed by atoms with Crippen LogP contribution in [0.4, 0.5) is 10.6 Å². The summed E-state index contributed by atoms with van der Waals surface area (Å²) in [7, 11) is 1.64. The largest absolute Gasteiger partial charge is 0.465 e. The maximum atomic E-state index is 10.8. The van der Waals surface area contributed by atoms with E-state index < -0.39 is 6.09 Å². The van der Waals surface area contributed by atoms with E-state index in [0.717, 1.165) is 5.56 Å². The molecule has 6 nitrogen and oxygen atoms in total. The van der Waals surface area contributed by atoms with Gasteiger partial charge in [0, 0.05) is 17.6 Å². The molecular formula is C12H12ClN3O3. The Bertz CT molecular complexity index is 625. The van der Waals surface area contributed by atoms with Gasteiger partial charge in [0.15, 0.2) is 0 Å². The number of aliphatic hydroxyl groups is 1. The summed E-state index contributed by atoms with van der Waals surface area (Å²) in [5, 5.41) is 24.8. The summed E-state index contributed by atoms with van der Waals surface area (Å²) >= 11 is 5.92. The Morgan fingerprint density at radius 1 is 1.53 bits per heavy atom. The number of hydrogen-bond donors (Lipinski definition) is 3. The van der Waals surface area contributed by atoms with Gasteiger partial charge in [-0.1, -0.05) is 17.7 Å². The standard InChI is InChI=1S/C12H12ClN3O3/c1-16-11(15-12(18)19)9(5-14-16)7-2-3-10(13)8(4-7)6-17/h2-5,15,17H,6H2,1H3,(H,18,19). The third-order valence-corrected chi connectivity index (χ3v) is 3.06. The van der Waals surface area contributed by atoms with Crippen LogP contribution in [0.3, 0.4) is 0 Å². The first-order valence-electron chi connectivity index (χ1n) is 5.44. The number of rotatable bonds is 3. The van der Waals surface area contributed by atoms with Crippen molar-refractivity contribution in [1.82, 2.24) is 9.78 Å². The lowest BCUT2D eigenvalue weighted by molar-refractivity contribution is 0.209. The third-order valence-electron chi connectivity index (χ3n) is 2.69. The number of halogens is 1. The molecule has 1 aromatic carbocycles. The van der Waals surface area contributed by atoms with Gasteiger partial charge in [0.1, 0.15) is 5.82 Å². The van der Waals surface area contributed by atoms with Crippen LogP contribution < -0.4 is 5.32 Å². The number of carbonyl (C=O) groups is 1. The van der Waals surface area contributed by atoms with E-state index in [1.807, 2.05) is 0 Å². The minimum Gasteiger partial charge on any atom is -0.465 e. The van der Waals surface area contributed by atoms with Crippen LogP contribution in [-0.4, -0.2) is 26.1 Å². The van der Waals surface area contributed by atoms with E-state index in [2.05, 4.69) is 10.4 Å². The lowest BCUT2D eigenvalue weighted by Gasteiger charge is -2.07. The van der Waals surface area contributed by atoms with Crippen LogP contribution in [0.5, 0.6) is 0 Å². The monoisotopic (exact) mass is 281 g/mol. The minimum absolute atomic E-state index is 0.186. The molecule has 0 spiro atoms. The number of carboxylic acid groups (broad SMARTS) is 1. The van der Waals surface area contributed by atoms with Gasteiger partial charge in [-0.2, -0.15) is 5.10 Å². The summed E-state index contributed by atoms with van der Waals surface area (Å²) in [5.74, 6) is 0.360. The minimum atomic E-state index is -1.17. The highest BCUT2D eigenvalue weighted by atomic mass is 35.5. The maximum Gasteiger partial charge on any atom is 0.410 e. The van der Waals surface area contributed by atoms with Crippen LogP contribution in [-0.2, 0) is 13.7 Å². The third kappa shape index (κ3) is 2.69. The van der Waals surface area contributed by atoms with E-state index in [9.17, 15) is 9.90 Å². The number of aromatic nitrogens is 2. The fourth-order valence-corrected chi connectivity index (χ4v) is 1.94. The first-order chi connectivity index (χ1) is 9.02. The summed E-state index contributed by atoms with van der Waals surface area (Å²) in [6.45, 7) is -0.186. The van der Waals surface area contributed by atoms with Crippen LogP contribution in [0.15, 0.2) is 24.4 Å². The number of benzene rings is 1. The molecule has 0 fully saturated rings. The molecule has 1 aromatic heterocycles. The molecule has 0 aliphatic carbocycles. The molecule has 0 radical (unpaired) electrons. The molecule has 1 amide bonds. The van der Waals surface area contributed by atoms with E-state index >= 15 is 0 Å². The first kappa shape index (κ1) is 13.4. The zero-order valence-corrected chi connectivity index (χ0v) is 10.8. The Labute approximate surface area is 114 Å². The highest BCUT2D eigenvalue weighted by molar-refractivity contribution is 6.31. The number of nitrogens with zero attached hydrogens (tertiary/aromatic N) is 2. The van der Waals surface area contributed by atoms with Crippen LogP contribution in [0.2, 0.25) is 5.02 Å². The summed E-state index contributed by atoms with van der Waals surface area (Å²) < 4.78 is 1.43. The second-order valence-corrected chi connectivity index (χ2v) is 4.33. The fourth-order valence-electron chi connectivity index (χ4n) is 1.76. The molecule has 0 unspecified atom stereocenters. The highest BCUT2D eigenvalue weighted by Gasteiger charge is 2.14. The van der Waals surface area contributed by atoms with Gasteiger partial charge in [-0.3, -0.25) is 10.00 Å². The Morgan fingerprint density at radius 2 is 2.26 bits per heavy atom. The predicted molar refractivity (Wildman–Crippen MR) is 71.2 cm³/mol. The summed E-state index contributed by atoms with van der Waals surface area (Å²) in [4.78, 5) is 10.8. The quantitative estimate of drug-likeness (QED) is 0.806. The number of amides is 1. The Kier molecular flexibility index (Phi) is 3.73. The second kappa shape index (κ2) is 5.29. The van der Waals surface area contributed by atoms with Gasteiger partial charge in [0.05, 0.1) is 12.8 Å². The van der Waals surface area contributed by atoms with Crippen molar-refractivity contribution in [1.29, 1.82) is 0 Å². The van der Waals surface area contributed by atoms with Crippen LogP contribution in [0, 0.1) is 0 Å². The van der Waals surface area contributed by atoms with E-state index in [0.29, 0.717) is 22.0 Å². The van der Waals surface area contributed by atoms with E-state index in [1.54, 1.807) is 31.4 Å². The predicted octanol–water partition coefficient (Wildman–Crippen LogP) is 2.32. The van der Waals surface area contributed by atoms with Crippen molar-refractivity contribution in [2.75, 3.05) is 5.32 Å². The molecule has 1 heterocycles. The van der Waals surface area contributed by atoms with E-state index in [-0.39, 0.29) is 6.61 Å². The molecule has 3 N–H and O–H groups in total. The molecule has 0 saturated heterocycles. The highest BCUT2D eigenvalue weighted by Crippen LogP contribution is 2.30. The lowest BCUT2D eigenvalue weighted by Crippen LogP contribution is -2.11. The summed E-state index contributed by atoms with van der Waals surface area (Å²) in [5.41, 5.74) is 1.92. The molecule has 0 aliphatic rings. The molecule has 2 aromatic rings. The van der Waals surface area contributed by atoms with Gasteiger partial charge in [-0.25, -0.2) is 4.79 Å². The van der Waals surface area contributed by atoms with Crippen molar-refractivity contribution >= 4 is 23.5 Å². The van der Waals surface area contributed by atoms with Crippen LogP contribution in [0.25, 0.3) is 11.1 Å². The normalized spacial score (nSPS) is 10.5. The molecule has 0 saturated carbocycles. The van der Waals surface area contributed by atoms with Gasteiger partial charge in [0.25, 0.3) is 0 Å². The average Bonchev–Trinajstić information content (AvgIpc) is 2.71. The van der Waals surface area contributed by atoms with Gasteiger partial charge >= 0.3 is 6.09 Å².